The molecule has 7 heteroatoms. The first-order valence-electron chi connectivity index (χ1n) is 6.36. The summed E-state index contributed by atoms with van der Waals surface area (Å²) in [4.78, 5) is 24.2. The molecule has 0 radical (unpaired) electrons. The zero-order chi connectivity index (χ0) is 15.3. The normalized spacial score (nSPS) is 10.5. The average Bonchev–Trinajstić information content (AvgIpc) is 2.73. The lowest BCUT2D eigenvalue weighted by Gasteiger charge is -2.06. The van der Waals surface area contributed by atoms with Gasteiger partial charge in [-0.1, -0.05) is 13.8 Å². The maximum Gasteiger partial charge on any atom is 0.348 e. The number of esters is 2. The minimum atomic E-state index is -0.503. The van der Waals surface area contributed by atoms with E-state index in [1.807, 2.05) is 13.8 Å². The summed E-state index contributed by atoms with van der Waals surface area (Å²) < 4.78 is 10.1. The van der Waals surface area contributed by atoms with Crippen molar-refractivity contribution in [2.24, 2.45) is 11.8 Å². The zero-order valence-electron chi connectivity index (χ0n) is 12.1. The Hall–Kier alpha value is -1.60. The molecule has 0 aliphatic heterocycles. The van der Waals surface area contributed by atoms with Crippen LogP contribution in [0, 0.1) is 12.8 Å². The van der Waals surface area contributed by atoms with Gasteiger partial charge in [0.1, 0.15) is 9.88 Å². The first kappa shape index (κ1) is 16.5. The fourth-order valence-corrected chi connectivity index (χ4v) is 2.57. The fraction of sp³-hybridized carbons (Fsp3) is 0.538. The Labute approximate surface area is 122 Å². The third-order valence-electron chi connectivity index (χ3n) is 2.49. The number of hydrazine groups is 1. The summed E-state index contributed by atoms with van der Waals surface area (Å²) in [5.74, 6) is 4.68. The third kappa shape index (κ3) is 3.71. The second kappa shape index (κ2) is 7.25. The number of hydrogen-bond donors (Lipinski definition) is 2. The molecule has 0 saturated heterocycles. The molecule has 20 heavy (non-hydrogen) atoms. The summed E-state index contributed by atoms with van der Waals surface area (Å²) in [7, 11) is 0. The highest BCUT2D eigenvalue weighted by atomic mass is 32.1. The van der Waals surface area contributed by atoms with Gasteiger partial charge in [-0.3, -0.25) is 0 Å². The first-order chi connectivity index (χ1) is 9.42. The van der Waals surface area contributed by atoms with Gasteiger partial charge in [0.2, 0.25) is 0 Å². The summed E-state index contributed by atoms with van der Waals surface area (Å²) in [5, 5.41) is 0.400. The summed E-state index contributed by atoms with van der Waals surface area (Å²) in [6.45, 7) is 7.88. The van der Waals surface area contributed by atoms with Crippen molar-refractivity contribution in [3.8, 4) is 0 Å². The third-order valence-corrected chi connectivity index (χ3v) is 3.69. The number of anilines is 1. The molecule has 6 nitrogen and oxygen atoms in total. The zero-order valence-corrected chi connectivity index (χ0v) is 12.9. The van der Waals surface area contributed by atoms with E-state index >= 15 is 0 Å². The van der Waals surface area contributed by atoms with Gasteiger partial charge in [-0.25, -0.2) is 15.4 Å². The molecule has 0 atom stereocenters. The largest absolute Gasteiger partial charge is 0.462 e. The Balaban J connectivity index is 3.05. The van der Waals surface area contributed by atoms with E-state index in [1.54, 1.807) is 13.8 Å². The minimum Gasteiger partial charge on any atom is -0.462 e. The van der Waals surface area contributed by atoms with Gasteiger partial charge in [0.15, 0.2) is 0 Å². The molecule has 112 valence electrons. The number of ether oxygens (including phenoxy) is 2. The van der Waals surface area contributed by atoms with Crippen LogP contribution in [0.5, 0.6) is 0 Å². The van der Waals surface area contributed by atoms with Crippen LogP contribution >= 0.6 is 11.3 Å². The number of carbonyl (C=O) groups is 2. The quantitative estimate of drug-likeness (QED) is 0.476. The monoisotopic (exact) mass is 300 g/mol. The van der Waals surface area contributed by atoms with Crippen molar-refractivity contribution in [1.82, 2.24) is 0 Å². The summed E-state index contributed by atoms with van der Waals surface area (Å²) in [5.41, 5.74) is 3.24. The van der Waals surface area contributed by atoms with Crippen LogP contribution in [-0.2, 0) is 9.47 Å². The van der Waals surface area contributed by atoms with Crippen molar-refractivity contribution in [3.63, 3.8) is 0 Å². The molecular weight excluding hydrogens is 280 g/mol. The molecule has 0 saturated carbocycles. The molecule has 0 spiro atoms. The molecule has 3 N–H and O–H groups in total. The lowest BCUT2D eigenvalue weighted by molar-refractivity contribution is 0.0464. The second-order valence-corrected chi connectivity index (χ2v) is 5.64. The van der Waals surface area contributed by atoms with Crippen LogP contribution in [0.2, 0.25) is 0 Å². The van der Waals surface area contributed by atoms with E-state index in [-0.39, 0.29) is 18.1 Å². The molecule has 1 aromatic heterocycles. The average molecular weight is 300 g/mol. The van der Waals surface area contributed by atoms with Crippen LogP contribution in [0.15, 0.2) is 0 Å². The van der Waals surface area contributed by atoms with Gasteiger partial charge in [-0.2, -0.15) is 0 Å². The van der Waals surface area contributed by atoms with Gasteiger partial charge in [0, 0.05) is 0 Å². The molecule has 0 fully saturated rings. The Morgan fingerprint density at radius 1 is 1.30 bits per heavy atom. The van der Waals surface area contributed by atoms with Crippen LogP contribution in [0.25, 0.3) is 0 Å². The fourth-order valence-electron chi connectivity index (χ4n) is 1.57. The maximum absolute atomic E-state index is 12.0. The van der Waals surface area contributed by atoms with Crippen LogP contribution in [0.3, 0.4) is 0 Å². The van der Waals surface area contributed by atoms with Crippen molar-refractivity contribution in [1.29, 1.82) is 0 Å². The highest BCUT2D eigenvalue weighted by Gasteiger charge is 2.26. The van der Waals surface area contributed by atoms with Crippen LogP contribution in [0.1, 0.15) is 46.4 Å². The van der Waals surface area contributed by atoms with Crippen molar-refractivity contribution in [3.05, 3.63) is 16.0 Å². The van der Waals surface area contributed by atoms with Crippen molar-refractivity contribution < 1.29 is 19.1 Å². The van der Waals surface area contributed by atoms with E-state index in [0.29, 0.717) is 22.0 Å². The Morgan fingerprint density at radius 2 is 1.95 bits per heavy atom. The van der Waals surface area contributed by atoms with Gasteiger partial charge in [0.25, 0.3) is 0 Å². The Kier molecular flexibility index (Phi) is 5.97. The van der Waals surface area contributed by atoms with E-state index < -0.39 is 11.9 Å². The summed E-state index contributed by atoms with van der Waals surface area (Å²) >= 11 is 1.09. The lowest BCUT2D eigenvalue weighted by Crippen LogP contribution is -2.13. The van der Waals surface area contributed by atoms with Crippen LogP contribution < -0.4 is 11.3 Å². The van der Waals surface area contributed by atoms with E-state index in [0.717, 1.165) is 11.3 Å². The summed E-state index contributed by atoms with van der Waals surface area (Å²) in [6.07, 6.45) is 0. The van der Waals surface area contributed by atoms with Crippen molar-refractivity contribution >= 4 is 28.3 Å². The van der Waals surface area contributed by atoms with E-state index in [1.165, 1.54) is 0 Å². The number of thiophene rings is 1. The molecule has 0 aliphatic carbocycles. The number of rotatable bonds is 6. The number of carbonyl (C=O) groups excluding carboxylic acids is 2. The molecule has 1 aromatic rings. The Morgan fingerprint density at radius 3 is 2.45 bits per heavy atom. The van der Waals surface area contributed by atoms with Gasteiger partial charge in [-0.05, 0) is 25.3 Å². The topological polar surface area (TPSA) is 90.6 Å². The molecule has 0 amide bonds. The van der Waals surface area contributed by atoms with Crippen LogP contribution in [0.4, 0.5) is 5.00 Å². The van der Waals surface area contributed by atoms with Gasteiger partial charge >= 0.3 is 11.9 Å². The maximum atomic E-state index is 12.0. The van der Waals surface area contributed by atoms with Crippen LogP contribution in [-0.4, -0.2) is 25.2 Å². The predicted molar refractivity (Wildman–Crippen MR) is 77.9 cm³/mol. The summed E-state index contributed by atoms with van der Waals surface area (Å²) in [6, 6.07) is 0. The smallest absolute Gasteiger partial charge is 0.348 e. The SMILES string of the molecule is CCOC(=O)c1c(NN)sc(C(=O)OCC(C)C)c1C. The molecule has 0 bridgehead atoms. The highest BCUT2D eigenvalue weighted by molar-refractivity contribution is 7.18. The minimum absolute atomic E-state index is 0.246. The lowest BCUT2D eigenvalue weighted by atomic mass is 10.1. The molecule has 1 heterocycles. The number of nitrogens with two attached hydrogens (primary N) is 1. The van der Waals surface area contributed by atoms with Gasteiger partial charge < -0.3 is 14.9 Å². The number of nitrogen functional groups attached to an aromatic ring is 1. The number of nitrogens with one attached hydrogen (secondary N) is 1. The van der Waals surface area contributed by atoms with Crippen molar-refractivity contribution in [2.45, 2.75) is 27.7 Å². The van der Waals surface area contributed by atoms with E-state index in [4.69, 9.17) is 15.3 Å². The molecule has 0 aliphatic rings. The first-order valence-corrected chi connectivity index (χ1v) is 7.18. The molecular formula is C13H20N2O4S. The molecule has 0 unspecified atom stereocenters. The highest BCUT2D eigenvalue weighted by Crippen LogP contribution is 2.33. The second-order valence-electron chi connectivity index (χ2n) is 4.62. The Bertz CT molecular complexity index is 497. The number of hydrogen-bond acceptors (Lipinski definition) is 7. The molecule has 1 rings (SSSR count). The van der Waals surface area contributed by atoms with E-state index in [9.17, 15) is 9.59 Å². The van der Waals surface area contributed by atoms with E-state index in [2.05, 4.69) is 5.43 Å². The predicted octanol–water partition coefficient (Wildman–Crippen LogP) is 2.33. The van der Waals surface area contributed by atoms with Gasteiger partial charge in [0.05, 0.1) is 18.8 Å². The molecule has 0 aromatic carbocycles. The van der Waals surface area contributed by atoms with Crippen molar-refractivity contribution in [2.75, 3.05) is 18.6 Å². The standard InChI is InChI=1S/C13H20N2O4S/c1-5-18-12(16)9-8(4)10(20-11(9)15-14)13(17)19-6-7(2)3/h7,15H,5-6,14H2,1-4H3. The van der Waals surface area contributed by atoms with Gasteiger partial charge in [-0.15, -0.1) is 11.3 Å².